The molecule has 0 fully saturated rings. The first kappa shape index (κ1) is 18.6. The van der Waals surface area contributed by atoms with Crippen molar-refractivity contribution in [2.75, 3.05) is 17.1 Å². The van der Waals surface area contributed by atoms with Crippen molar-refractivity contribution in [2.24, 2.45) is 0 Å². The average Bonchev–Trinajstić information content (AvgIpc) is 2.42. The summed E-state index contributed by atoms with van der Waals surface area (Å²) in [5, 5.41) is 2.77. The quantitative estimate of drug-likeness (QED) is 0.901. The third-order valence-electron chi connectivity index (χ3n) is 3.82. The molecule has 1 heterocycles. The molecular weight excluding hydrogens is 328 g/mol. The van der Waals surface area contributed by atoms with E-state index < -0.39 is 16.1 Å². The standard InChI is InChI=1S/C17H26N2O4S/c1-11(2)18-16(20)15-10-19(24(6,21)22)13-9-12(17(3,4)5)7-8-14(13)23-15/h7-9,11,15H,10H2,1-6H3,(H,18,20). The number of nitrogens with one attached hydrogen (secondary N) is 1. The van der Waals surface area contributed by atoms with Crippen LogP contribution in [0.2, 0.25) is 0 Å². The number of carbonyl (C=O) groups excluding carboxylic acids is 1. The average molecular weight is 354 g/mol. The molecule has 1 unspecified atom stereocenters. The van der Waals surface area contributed by atoms with Crippen molar-refractivity contribution in [1.82, 2.24) is 5.32 Å². The number of carbonyl (C=O) groups is 1. The smallest absolute Gasteiger partial charge is 0.263 e. The Labute approximate surface area is 144 Å². The minimum atomic E-state index is -3.52. The van der Waals surface area contributed by atoms with Gasteiger partial charge >= 0.3 is 0 Å². The maximum atomic E-state index is 12.3. The lowest BCUT2D eigenvalue weighted by atomic mass is 9.86. The van der Waals surface area contributed by atoms with Crippen molar-refractivity contribution in [2.45, 2.75) is 52.2 Å². The van der Waals surface area contributed by atoms with E-state index >= 15 is 0 Å². The van der Waals surface area contributed by atoms with Crippen molar-refractivity contribution in [3.63, 3.8) is 0 Å². The van der Waals surface area contributed by atoms with Crippen LogP contribution in [0.15, 0.2) is 18.2 Å². The summed E-state index contributed by atoms with van der Waals surface area (Å²) in [6.45, 7) is 9.83. The Bertz CT molecular complexity index is 735. The maximum Gasteiger partial charge on any atom is 0.263 e. The predicted molar refractivity (Wildman–Crippen MR) is 95.0 cm³/mol. The molecule has 0 radical (unpaired) electrons. The van der Waals surface area contributed by atoms with Crippen LogP contribution in [-0.4, -0.2) is 39.3 Å². The Morgan fingerprint density at radius 3 is 2.46 bits per heavy atom. The Morgan fingerprint density at radius 2 is 1.96 bits per heavy atom. The fourth-order valence-corrected chi connectivity index (χ4v) is 3.45. The highest BCUT2D eigenvalue weighted by molar-refractivity contribution is 7.92. The van der Waals surface area contributed by atoms with E-state index in [0.717, 1.165) is 11.8 Å². The Hall–Kier alpha value is -1.76. The zero-order chi connectivity index (χ0) is 18.3. The van der Waals surface area contributed by atoms with Gasteiger partial charge in [0, 0.05) is 6.04 Å². The van der Waals surface area contributed by atoms with E-state index in [1.54, 1.807) is 6.07 Å². The Balaban J connectivity index is 2.46. The SMILES string of the molecule is CC(C)NC(=O)C1CN(S(C)(=O)=O)c2cc(C(C)(C)C)ccc2O1. The molecule has 7 heteroatoms. The van der Waals surface area contributed by atoms with E-state index in [2.05, 4.69) is 26.1 Å². The summed E-state index contributed by atoms with van der Waals surface area (Å²) in [5.74, 6) is 0.0905. The second kappa shape index (κ2) is 6.27. The zero-order valence-electron chi connectivity index (χ0n) is 15.1. The van der Waals surface area contributed by atoms with E-state index in [1.807, 2.05) is 26.0 Å². The first-order valence-electron chi connectivity index (χ1n) is 7.99. The molecular formula is C17H26N2O4S. The van der Waals surface area contributed by atoms with Crippen molar-refractivity contribution < 1.29 is 17.9 Å². The highest BCUT2D eigenvalue weighted by atomic mass is 32.2. The number of ether oxygens (including phenoxy) is 1. The lowest BCUT2D eigenvalue weighted by molar-refractivity contribution is -0.128. The Morgan fingerprint density at radius 1 is 1.33 bits per heavy atom. The monoisotopic (exact) mass is 354 g/mol. The van der Waals surface area contributed by atoms with E-state index in [4.69, 9.17) is 4.74 Å². The van der Waals surface area contributed by atoms with Crippen LogP contribution in [0.5, 0.6) is 5.75 Å². The highest BCUT2D eigenvalue weighted by Crippen LogP contribution is 2.38. The molecule has 24 heavy (non-hydrogen) atoms. The molecule has 1 atom stereocenters. The summed E-state index contributed by atoms with van der Waals surface area (Å²) >= 11 is 0. The van der Waals surface area contributed by atoms with Crippen LogP contribution in [0.1, 0.15) is 40.2 Å². The van der Waals surface area contributed by atoms with Crippen LogP contribution in [0.25, 0.3) is 0 Å². The van der Waals surface area contributed by atoms with Gasteiger partial charge in [-0.1, -0.05) is 26.8 Å². The summed E-state index contributed by atoms with van der Waals surface area (Å²) in [4.78, 5) is 12.3. The number of sulfonamides is 1. The van der Waals surface area contributed by atoms with E-state index in [9.17, 15) is 13.2 Å². The van der Waals surface area contributed by atoms with Crippen LogP contribution in [0, 0.1) is 0 Å². The van der Waals surface area contributed by atoms with Gasteiger partial charge in [0.05, 0.1) is 18.5 Å². The molecule has 1 N–H and O–H groups in total. The van der Waals surface area contributed by atoms with Crippen LogP contribution < -0.4 is 14.4 Å². The van der Waals surface area contributed by atoms with Crippen molar-refractivity contribution in [3.8, 4) is 5.75 Å². The minimum absolute atomic E-state index is 0.0298. The van der Waals surface area contributed by atoms with Gasteiger partial charge in [-0.05, 0) is 37.0 Å². The number of fused-ring (bicyclic) bond motifs is 1. The molecule has 0 bridgehead atoms. The molecule has 2 rings (SSSR count). The van der Waals surface area contributed by atoms with E-state index in [-0.39, 0.29) is 23.9 Å². The molecule has 0 saturated heterocycles. The molecule has 1 aliphatic heterocycles. The van der Waals surface area contributed by atoms with Crippen LogP contribution in [0.3, 0.4) is 0 Å². The largest absolute Gasteiger partial charge is 0.476 e. The zero-order valence-corrected chi connectivity index (χ0v) is 15.9. The lowest BCUT2D eigenvalue weighted by Crippen LogP contribution is -2.51. The predicted octanol–water partition coefficient (Wildman–Crippen LogP) is 2.04. The van der Waals surface area contributed by atoms with E-state index in [1.165, 1.54) is 4.31 Å². The topological polar surface area (TPSA) is 75.7 Å². The Kier molecular flexibility index (Phi) is 4.86. The number of benzene rings is 1. The number of nitrogens with zero attached hydrogens (tertiary/aromatic N) is 1. The molecule has 6 nitrogen and oxygen atoms in total. The van der Waals surface area contributed by atoms with Gasteiger partial charge in [-0.2, -0.15) is 0 Å². The van der Waals surface area contributed by atoms with Crippen molar-refractivity contribution in [3.05, 3.63) is 23.8 Å². The van der Waals surface area contributed by atoms with Crippen molar-refractivity contribution >= 4 is 21.6 Å². The fourth-order valence-electron chi connectivity index (χ4n) is 2.55. The van der Waals surface area contributed by atoms with Gasteiger partial charge in [0.25, 0.3) is 5.91 Å². The summed E-state index contributed by atoms with van der Waals surface area (Å²) < 4.78 is 31.5. The fraction of sp³-hybridized carbons (Fsp3) is 0.588. The summed E-state index contributed by atoms with van der Waals surface area (Å²) in [6, 6.07) is 5.43. The van der Waals surface area contributed by atoms with Gasteiger partial charge in [-0.15, -0.1) is 0 Å². The molecule has 1 aliphatic rings. The third kappa shape index (κ3) is 4.01. The summed E-state index contributed by atoms with van der Waals surface area (Å²) in [7, 11) is -3.52. The van der Waals surface area contributed by atoms with E-state index in [0.29, 0.717) is 11.4 Å². The third-order valence-corrected chi connectivity index (χ3v) is 4.96. The number of hydrogen-bond donors (Lipinski definition) is 1. The molecule has 0 aromatic heterocycles. The summed E-state index contributed by atoms with van der Waals surface area (Å²) in [5.41, 5.74) is 1.37. The number of anilines is 1. The normalized spacial score (nSPS) is 18.1. The van der Waals surface area contributed by atoms with Crippen molar-refractivity contribution in [1.29, 1.82) is 0 Å². The molecule has 1 amide bonds. The molecule has 1 aromatic rings. The van der Waals surface area contributed by atoms with Gasteiger partial charge in [0.1, 0.15) is 5.75 Å². The molecule has 0 saturated carbocycles. The molecule has 0 spiro atoms. The van der Waals surface area contributed by atoms with Crippen LogP contribution in [-0.2, 0) is 20.2 Å². The van der Waals surface area contributed by atoms with Crippen LogP contribution >= 0.6 is 0 Å². The first-order valence-corrected chi connectivity index (χ1v) is 9.83. The second-order valence-electron chi connectivity index (χ2n) is 7.50. The molecule has 0 aliphatic carbocycles. The lowest BCUT2D eigenvalue weighted by Gasteiger charge is -2.35. The van der Waals surface area contributed by atoms with Gasteiger partial charge in [-0.3, -0.25) is 9.10 Å². The van der Waals surface area contributed by atoms with Gasteiger partial charge < -0.3 is 10.1 Å². The first-order chi connectivity index (χ1) is 10.9. The van der Waals surface area contributed by atoms with Gasteiger partial charge in [0.2, 0.25) is 10.0 Å². The summed E-state index contributed by atoms with van der Waals surface area (Å²) in [6.07, 6.45) is 0.276. The highest BCUT2D eigenvalue weighted by Gasteiger charge is 2.35. The number of hydrogen-bond acceptors (Lipinski definition) is 4. The maximum absolute atomic E-state index is 12.3. The number of amides is 1. The van der Waals surface area contributed by atoms with Crippen LogP contribution in [0.4, 0.5) is 5.69 Å². The van der Waals surface area contributed by atoms with Gasteiger partial charge in [0.15, 0.2) is 6.10 Å². The second-order valence-corrected chi connectivity index (χ2v) is 9.40. The number of rotatable bonds is 3. The minimum Gasteiger partial charge on any atom is -0.476 e. The molecule has 134 valence electrons. The van der Waals surface area contributed by atoms with Gasteiger partial charge in [-0.25, -0.2) is 8.42 Å². The molecule has 1 aromatic carbocycles.